The van der Waals surface area contributed by atoms with E-state index in [4.69, 9.17) is 0 Å². The van der Waals surface area contributed by atoms with Gasteiger partial charge in [0.05, 0.1) is 11.3 Å². The molecule has 0 bridgehead atoms. The van der Waals surface area contributed by atoms with Crippen LogP contribution in [0.15, 0.2) is 27.8 Å². The van der Waals surface area contributed by atoms with E-state index in [1.54, 1.807) is 19.0 Å². The number of hydrazone groups is 1. The highest BCUT2D eigenvalue weighted by Gasteiger charge is 2.31. The number of halogens is 4. The molecule has 1 aromatic carbocycles. The predicted octanol–water partition coefficient (Wildman–Crippen LogP) is 3.62. The smallest absolute Gasteiger partial charge is 0.367 e. The summed E-state index contributed by atoms with van der Waals surface area (Å²) in [4.78, 5) is 1.64. The highest BCUT2D eigenvalue weighted by Crippen LogP contribution is 2.36. The molecule has 100 valence electrons. The molecule has 1 aromatic rings. The van der Waals surface area contributed by atoms with Crippen molar-refractivity contribution in [1.29, 1.82) is 0 Å². The van der Waals surface area contributed by atoms with Crippen molar-refractivity contribution in [2.75, 3.05) is 18.5 Å². The van der Waals surface area contributed by atoms with Crippen molar-refractivity contribution in [2.45, 2.75) is 6.18 Å². The molecule has 0 fully saturated rings. The summed E-state index contributed by atoms with van der Waals surface area (Å²) in [5, 5.41) is 3.88. The van der Waals surface area contributed by atoms with Crippen molar-refractivity contribution in [1.82, 2.24) is 4.90 Å². The number of thiol groups is 1. The normalized spacial score (nSPS) is 11.9. The molecule has 0 radical (unpaired) electrons. The van der Waals surface area contributed by atoms with Gasteiger partial charge in [-0.05, 0) is 46.9 Å². The maximum Gasteiger partial charge on any atom is 0.416 e. The van der Waals surface area contributed by atoms with Crippen LogP contribution in [-0.2, 0) is 6.18 Å². The molecule has 0 aliphatic rings. The maximum absolute atomic E-state index is 12.6. The van der Waals surface area contributed by atoms with Gasteiger partial charge in [0.1, 0.15) is 6.34 Å². The average Bonchev–Trinajstić information content (AvgIpc) is 2.24. The molecule has 3 nitrogen and oxygen atoms in total. The van der Waals surface area contributed by atoms with Crippen LogP contribution in [0.1, 0.15) is 5.56 Å². The van der Waals surface area contributed by atoms with Gasteiger partial charge in [-0.1, -0.05) is 0 Å². The lowest BCUT2D eigenvalue weighted by atomic mass is 10.2. The van der Waals surface area contributed by atoms with Gasteiger partial charge in [0.25, 0.3) is 0 Å². The van der Waals surface area contributed by atoms with Crippen molar-refractivity contribution in [3.05, 3.63) is 28.2 Å². The monoisotopic (exact) mass is 341 g/mol. The summed E-state index contributed by atoms with van der Waals surface area (Å²) in [5.74, 6) is 0. The van der Waals surface area contributed by atoms with Crippen molar-refractivity contribution in [3.63, 3.8) is 0 Å². The quantitative estimate of drug-likeness (QED) is 0.392. The lowest BCUT2D eigenvalue weighted by Gasteiger charge is -2.16. The lowest BCUT2D eigenvalue weighted by molar-refractivity contribution is -0.137. The number of benzene rings is 1. The van der Waals surface area contributed by atoms with Crippen molar-refractivity contribution >= 4 is 40.8 Å². The van der Waals surface area contributed by atoms with Crippen LogP contribution in [0.5, 0.6) is 0 Å². The molecule has 18 heavy (non-hydrogen) atoms. The van der Waals surface area contributed by atoms with Gasteiger partial charge < -0.3 is 4.90 Å². The van der Waals surface area contributed by atoms with Gasteiger partial charge in [0.15, 0.2) is 0 Å². The second-order valence-corrected chi connectivity index (χ2v) is 4.88. The molecule has 0 unspecified atom stereocenters. The molecule has 1 rings (SSSR count). The highest BCUT2D eigenvalue weighted by molar-refractivity contribution is 9.10. The van der Waals surface area contributed by atoms with Crippen molar-refractivity contribution in [3.8, 4) is 0 Å². The summed E-state index contributed by atoms with van der Waals surface area (Å²) in [6.45, 7) is 0. The zero-order chi connectivity index (χ0) is 13.9. The van der Waals surface area contributed by atoms with Crippen LogP contribution in [0.25, 0.3) is 0 Å². The summed E-state index contributed by atoms with van der Waals surface area (Å²) >= 11 is 7.18. The Morgan fingerprint density at radius 2 is 1.94 bits per heavy atom. The number of anilines is 1. The van der Waals surface area contributed by atoms with Crippen molar-refractivity contribution < 1.29 is 13.2 Å². The Balaban J connectivity index is 3.08. The van der Waals surface area contributed by atoms with Crippen LogP contribution >= 0.6 is 28.7 Å². The summed E-state index contributed by atoms with van der Waals surface area (Å²) in [5.41, 5.74) is -0.536. The third-order valence-corrected chi connectivity index (χ3v) is 2.87. The first-order valence-corrected chi connectivity index (χ1v) is 5.97. The molecule has 0 aliphatic carbocycles. The van der Waals surface area contributed by atoms with E-state index >= 15 is 0 Å². The molecule has 8 heteroatoms. The first-order chi connectivity index (χ1) is 8.21. The van der Waals surface area contributed by atoms with Gasteiger partial charge in [0.2, 0.25) is 0 Å². The zero-order valence-electron chi connectivity index (χ0n) is 9.61. The minimum Gasteiger partial charge on any atom is -0.367 e. The standard InChI is InChI=1S/C10H11BrF3N3S/c1-16(2)6-15-17(18)9-5-7(10(12,13)14)3-4-8(9)11/h3-6,18H,1-2H3/b15-6+. The summed E-state index contributed by atoms with van der Waals surface area (Å²) < 4.78 is 39.3. The average molecular weight is 342 g/mol. The molecule has 0 atom stereocenters. The van der Waals surface area contributed by atoms with Gasteiger partial charge in [-0.15, -0.1) is 0 Å². The first kappa shape index (κ1) is 15.2. The fraction of sp³-hybridized carbons (Fsp3) is 0.300. The third-order valence-electron chi connectivity index (χ3n) is 1.88. The molecule has 0 aromatic heterocycles. The zero-order valence-corrected chi connectivity index (χ0v) is 12.1. The van der Waals surface area contributed by atoms with Gasteiger partial charge in [-0.3, -0.25) is 0 Å². The Labute approximate surface area is 117 Å². The molecule has 0 N–H and O–H groups in total. The minimum atomic E-state index is -4.39. The molecule has 0 heterocycles. The number of nitrogens with zero attached hydrogens (tertiary/aromatic N) is 3. The Morgan fingerprint density at radius 3 is 2.44 bits per heavy atom. The summed E-state index contributed by atoms with van der Waals surface area (Å²) in [6, 6.07) is 3.28. The van der Waals surface area contributed by atoms with Crippen LogP contribution < -0.4 is 4.41 Å². The molecular formula is C10H11BrF3N3S. The lowest BCUT2D eigenvalue weighted by Crippen LogP contribution is -2.13. The van der Waals surface area contributed by atoms with Gasteiger partial charge >= 0.3 is 6.18 Å². The SMILES string of the molecule is CN(C)/C=N/N(S)c1cc(C(F)(F)F)ccc1Br. The summed E-state index contributed by atoms with van der Waals surface area (Å²) in [6.07, 6.45) is -2.96. The Morgan fingerprint density at radius 1 is 1.33 bits per heavy atom. The van der Waals surface area contributed by atoms with Gasteiger partial charge in [-0.25, -0.2) is 4.41 Å². The van der Waals surface area contributed by atoms with E-state index < -0.39 is 11.7 Å². The maximum atomic E-state index is 12.6. The molecule has 0 amide bonds. The van der Waals surface area contributed by atoms with E-state index in [1.807, 2.05) is 0 Å². The fourth-order valence-electron chi connectivity index (χ4n) is 1.06. The van der Waals surface area contributed by atoms with Crippen LogP contribution in [-0.4, -0.2) is 25.3 Å². The molecular weight excluding hydrogens is 331 g/mol. The second kappa shape index (κ2) is 5.83. The topological polar surface area (TPSA) is 18.8 Å². The first-order valence-electron chi connectivity index (χ1n) is 4.78. The van der Waals surface area contributed by atoms with Crippen LogP contribution in [0.2, 0.25) is 0 Å². The molecule has 0 spiro atoms. The number of hydrogen-bond acceptors (Lipinski definition) is 3. The Hall–Kier alpha value is -0.890. The van der Waals surface area contributed by atoms with E-state index in [2.05, 4.69) is 33.8 Å². The summed E-state index contributed by atoms with van der Waals surface area (Å²) in [7, 11) is 3.48. The number of alkyl halides is 3. The van der Waals surface area contributed by atoms with E-state index in [-0.39, 0.29) is 5.69 Å². The Bertz CT molecular complexity index is 448. The Kier molecular flexibility index (Phi) is 4.92. The largest absolute Gasteiger partial charge is 0.416 e. The van der Waals surface area contributed by atoms with Crippen LogP contribution in [0.4, 0.5) is 18.9 Å². The predicted molar refractivity (Wildman–Crippen MR) is 72.8 cm³/mol. The van der Waals surface area contributed by atoms with E-state index in [0.29, 0.717) is 4.47 Å². The second-order valence-electron chi connectivity index (χ2n) is 3.65. The number of rotatable bonds is 3. The molecule has 0 saturated heterocycles. The minimum absolute atomic E-state index is 0.214. The highest BCUT2D eigenvalue weighted by atomic mass is 79.9. The van der Waals surface area contributed by atoms with Gasteiger partial charge in [0, 0.05) is 18.6 Å². The van der Waals surface area contributed by atoms with Crippen LogP contribution in [0.3, 0.4) is 0 Å². The van der Waals surface area contributed by atoms with Crippen LogP contribution in [0, 0.1) is 0 Å². The molecule has 0 aliphatic heterocycles. The number of hydrogen-bond donors (Lipinski definition) is 1. The van der Waals surface area contributed by atoms with E-state index in [9.17, 15) is 13.2 Å². The molecule has 0 saturated carbocycles. The van der Waals surface area contributed by atoms with Gasteiger partial charge in [-0.2, -0.15) is 18.3 Å². The van der Waals surface area contributed by atoms with E-state index in [1.165, 1.54) is 12.4 Å². The van der Waals surface area contributed by atoms with E-state index in [0.717, 1.165) is 16.5 Å². The fourth-order valence-corrected chi connectivity index (χ4v) is 1.82. The van der Waals surface area contributed by atoms with Crippen molar-refractivity contribution in [2.24, 2.45) is 5.10 Å². The third kappa shape index (κ3) is 4.09.